The van der Waals surface area contributed by atoms with E-state index in [1.807, 2.05) is 19.9 Å². The zero-order valence-electron chi connectivity index (χ0n) is 8.94. The Labute approximate surface area is 89.3 Å². The van der Waals surface area contributed by atoms with Crippen LogP contribution >= 0.6 is 0 Å². The normalized spacial score (nSPS) is 12.2. The SMILES string of the molecule is CC(C)C(N)CNc1nccnc1C#N. The summed E-state index contributed by atoms with van der Waals surface area (Å²) in [5, 5.41) is 11.8. The fourth-order valence-electron chi connectivity index (χ4n) is 0.999. The fraction of sp³-hybridized carbons (Fsp3) is 0.500. The van der Waals surface area contributed by atoms with Crippen molar-refractivity contribution < 1.29 is 0 Å². The molecule has 1 atom stereocenters. The van der Waals surface area contributed by atoms with Gasteiger partial charge in [0.1, 0.15) is 6.07 Å². The summed E-state index contributed by atoms with van der Waals surface area (Å²) in [5.74, 6) is 0.885. The molecule has 0 bridgehead atoms. The molecule has 0 saturated heterocycles. The van der Waals surface area contributed by atoms with Crippen LogP contribution in [0, 0.1) is 17.2 Å². The highest BCUT2D eigenvalue weighted by molar-refractivity contribution is 5.46. The maximum atomic E-state index is 8.77. The summed E-state index contributed by atoms with van der Waals surface area (Å²) in [7, 11) is 0. The number of nitriles is 1. The maximum absolute atomic E-state index is 8.77. The lowest BCUT2D eigenvalue weighted by atomic mass is 10.1. The molecule has 0 radical (unpaired) electrons. The second-order valence-corrected chi connectivity index (χ2v) is 3.65. The van der Waals surface area contributed by atoms with Gasteiger partial charge in [0.15, 0.2) is 11.5 Å². The van der Waals surface area contributed by atoms with E-state index in [1.54, 1.807) is 6.20 Å². The van der Waals surface area contributed by atoms with Gasteiger partial charge in [-0.15, -0.1) is 0 Å². The molecular weight excluding hydrogens is 190 g/mol. The summed E-state index contributed by atoms with van der Waals surface area (Å²) < 4.78 is 0. The van der Waals surface area contributed by atoms with Crippen molar-refractivity contribution in [2.45, 2.75) is 19.9 Å². The molecule has 0 aliphatic carbocycles. The van der Waals surface area contributed by atoms with E-state index < -0.39 is 0 Å². The summed E-state index contributed by atoms with van der Waals surface area (Å²) in [6.45, 7) is 4.69. The number of aromatic nitrogens is 2. The summed E-state index contributed by atoms with van der Waals surface area (Å²) >= 11 is 0. The van der Waals surface area contributed by atoms with Crippen molar-refractivity contribution in [2.75, 3.05) is 11.9 Å². The first-order valence-corrected chi connectivity index (χ1v) is 4.85. The Morgan fingerprint density at radius 1 is 1.47 bits per heavy atom. The van der Waals surface area contributed by atoms with Gasteiger partial charge in [0.2, 0.25) is 0 Å². The first-order chi connectivity index (χ1) is 7.15. The van der Waals surface area contributed by atoms with E-state index in [0.717, 1.165) is 0 Å². The van der Waals surface area contributed by atoms with Gasteiger partial charge in [-0.05, 0) is 5.92 Å². The number of hydrogen-bond acceptors (Lipinski definition) is 5. The second kappa shape index (κ2) is 5.27. The van der Waals surface area contributed by atoms with Crippen LogP contribution < -0.4 is 11.1 Å². The maximum Gasteiger partial charge on any atom is 0.182 e. The van der Waals surface area contributed by atoms with Gasteiger partial charge in [0.25, 0.3) is 0 Å². The molecule has 1 aromatic heterocycles. The molecule has 15 heavy (non-hydrogen) atoms. The average Bonchev–Trinajstić information content (AvgIpc) is 2.26. The Balaban J connectivity index is 2.62. The molecule has 0 saturated carbocycles. The van der Waals surface area contributed by atoms with E-state index in [4.69, 9.17) is 11.0 Å². The van der Waals surface area contributed by atoms with Gasteiger partial charge in [0, 0.05) is 25.0 Å². The molecule has 0 aromatic carbocycles. The van der Waals surface area contributed by atoms with E-state index in [-0.39, 0.29) is 6.04 Å². The molecule has 0 aliphatic heterocycles. The molecule has 80 valence electrons. The van der Waals surface area contributed by atoms with E-state index in [0.29, 0.717) is 24.0 Å². The Bertz CT molecular complexity index is 355. The summed E-state index contributed by atoms with van der Waals surface area (Å²) in [4.78, 5) is 7.92. The molecule has 1 unspecified atom stereocenters. The highest BCUT2D eigenvalue weighted by Gasteiger charge is 2.09. The van der Waals surface area contributed by atoms with Gasteiger partial charge in [-0.25, -0.2) is 9.97 Å². The van der Waals surface area contributed by atoms with Crippen molar-refractivity contribution in [1.82, 2.24) is 9.97 Å². The highest BCUT2D eigenvalue weighted by Crippen LogP contribution is 2.07. The van der Waals surface area contributed by atoms with Crippen molar-refractivity contribution >= 4 is 5.82 Å². The molecule has 0 spiro atoms. The Morgan fingerprint density at radius 2 is 2.13 bits per heavy atom. The van der Waals surface area contributed by atoms with Crippen LogP contribution in [0.5, 0.6) is 0 Å². The number of anilines is 1. The zero-order valence-corrected chi connectivity index (χ0v) is 8.94. The third-order valence-corrected chi connectivity index (χ3v) is 2.17. The lowest BCUT2D eigenvalue weighted by Crippen LogP contribution is -2.34. The number of nitrogens with zero attached hydrogens (tertiary/aromatic N) is 3. The fourth-order valence-corrected chi connectivity index (χ4v) is 0.999. The van der Waals surface area contributed by atoms with Crippen LogP contribution in [0.15, 0.2) is 12.4 Å². The Kier molecular flexibility index (Phi) is 4.01. The number of rotatable bonds is 4. The molecular formula is C10H15N5. The van der Waals surface area contributed by atoms with Crippen LogP contribution in [0.1, 0.15) is 19.5 Å². The third-order valence-electron chi connectivity index (χ3n) is 2.17. The minimum Gasteiger partial charge on any atom is -0.366 e. The molecule has 1 aromatic rings. The Hall–Kier alpha value is -1.67. The molecule has 3 N–H and O–H groups in total. The molecule has 0 amide bonds. The van der Waals surface area contributed by atoms with Crippen LogP contribution in [-0.2, 0) is 0 Å². The summed E-state index contributed by atoms with van der Waals surface area (Å²) in [6, 6.07) is 2.01. The monoisotopic (exact) mass is 205 g/mol. The van der Waals surface area contributed by atoms with Gasteiger partial charge in [0.05, 0.1) is 0 Å². The van der Waals surface area contributed by atoms with Crippen molar-refractivity contribution in [1.29, 1.82) is 5.26 Å². The number of hydrogen-bond donors (Lipinski definition) is 2. The van der Waals surface area contributed by atoms with Crippen molar-refractivity contribution in [2.24, 2.45) is 11.7 Å². The highest BCUT2D eigenvalue weighted by atomic mass is 15.0. The van der Waals surface area contributed by atoms with Crippen LogP contribution in [0.4, 0.5) is 5.82 Å². The lowest BCUT2D eigenvalue weighted by molar-refractivity contribution is 0.511. The first-order valence-electron chi connectivity index (χ1n) is 4.85. The predicted molar refractivity (Wildman–Crippen MR) is 58.1 cm³/mol. The van der Waals surface area contributed by atoms with Gasteiger partial charge < -0.3 is 11.1 Å². The van der Waals surface area contributed by atoms with Crippen LogP contribution in [0.3, 0.4) is 0 Å². The summed E-state index contributed by atoms with van der Waals surface area (Å²) in [5.41, 5.74) is 6.16. The van der Waals surface area contributed by atoms with Crippen molar-refractivity contribution in [3.63, 3.8) is 0 Å². The van der Waals surface area contributed by atoms with Crippen molar-refractivity contribution in [3.8, 4) is 6.07 Å². The predicted octanol–water partition coefficient (Wildman–Crippen LogP) is 0.743. The second-order valence-electron chi connectivity index (χ2n) is 3.65. The molecule has 5 nitrogen and oxygen atoms in total. The quantitative estimate of drug-likeness (QED) is 0.757. The molecule has 0 fully saturated rings. The third kappa shape index (κ3) is 3.18. The van der Waals surface area contributed by atoms with Crippen LogP contribution in [-0.4, -0.2) is 22.6 Å². The molecule has 1 rings (SSSR count). The van der Waals surface area contributed by atoms with Crippen LogP contribution in [0.25, 0.3) is 0 Å². The summed E-state index contributed by atoms with van der Waals surface area (Å²) in [6.07, 6.45) is 3.04. The first kappa shape index (κ1) is 11.4. The van der Waals surface area contributed by atoms with Gasteiger partial charge in [-0.2, -0.15) is 5.26 Å². The van der Waals surface area contributed by atoms with E-state index in [9.17, 15) is 0 Å². The molecule has 0 aliphatic rings. The minimum atomic E-state index is 0.0403. The zero-order chi connectivity index (χ0) is 11.3. The number of nitrogens with one attached hydrogen (secondary N) is 1. The average molecular weight is 205 g/mol. The van der Waals surface area contributed by atoms with Gasteiger partial charge in [-0.1, -0.05) is 13.8 Å². The Morgan fingerprint density at radius 3 is 2.73 bits per heavy atom. The minimum absolute atomic E-state index is 0.0403. The molecule has 1 heterocycles. The lowest BCUT2D eigenvalue weighted by Gasteiger charge is -2.16. The van der Waals surface area contributed by atoms with Gasteiger partial charge >= 0.3 is 0 Å². The topological polar surface area (TPSA) is 87.6 Å². The van der Waals surface area contributed by atoms with E-state index in [1.165, 1.54) is 6.20 Å². The smallest absolute Gasteiger partial charge is 0.182 e. The largest absolute Gasteiger partial charge is 0.366 e. The standard InChI is InChI=1S/C10H15N5/c1-7(2)8(12)6-15-10-9(5-11)13-3-4-14-10/h3-4,7-8H,6,12H2,1-2H3,(H,14,15). The van der Waals surface area contributed by atoms with Gasteiger partial charge in [-0.3, -0.25) is 0 Å². The van der Waals surface area contributed by atoms with E-state index in [2.05, 4.69) is 15.3 Å². The van der Waals surface area contributed by atoms with E-state index >= 15 is 0 Å². The molecule has 5 heteroatoms. The van der Waals surface area contributed by atoms with Crippen molar-refractivity contribution in [3.05, 3.63) is 18.1 Å². The van der Waals surface area contributed by atoms with Crippen LogP contribution in [0.2, 0.25) is 0 Å². The number of nitrogens with two attached hydrogens (primary N) is 1.